The van der Waals surface area contributed by atoms with E-state index >= 15 is 0 Å². The Labute approximate surface area is 58.3 Å². The van der Waals surface area contributed by atoms with E-state index in [2.05, 4.69) is 0 Å². The summed E-state index contributed by atoms with van der Waals surface area (Å²) in [6.45, 7) is 0. The molecule has 7 N–H and O–H groups in total. The first kappa shape index (κ1) is 7.90. The maximum absolute atomic E-state index is 8.99. The van der Waals surface area contributed by atoms with E-state index in [1.807, 2.05) is 0 Å². The van der Waals surface area contributed by atoms with Crippen LogP contribution in [0.15, 0.2) is 0 Å². The molecule has 1 fully saturated rings. The van der Waals surface area contributed by atoms with E-state index in [4.69, 9.17) is 26.8 Å². The van der Waals surface area contributed by atoms with Gasteiger partial charge < -0.3 is 26.8 Å². The van der Waals surface area contributed by atoms with Crippen molar-refractivity contribution in [3.8, 4) is 0 Å². The molecule has 1 saturated carbocycles. The second-order valence-electron chi connectivity index (χ2n) is 2.63. The number of rotatable bonds is 0. The van der Waals surface area contributed by atoms with E-state index in [1.54, 1.807) is 0 Å². The van der Waals surface area contributed by atoms with Crippen molar-refractivity contribution in [2.75, 3.05) is 0 Å². The number of hydrogen-bond acceptors (Lipinski definition) is 5. The van der Waals surface area contributed by atoms with E-state index in [0.29, 0.717) is 0 Å². The minimum Gasteiger partial charge on any atom is -0.389 e. The van der Waals surface area contributed by atoms with E-state index in [1.165, 1.54) is 0 Å². The summed E-state index contributed by atoms with van der Waals surface area (Å²) in [7, 11) is 0. The zero-order valence-corrected chi connectivity index (χ0v) is 5.38. The van der Waals surface area contributed by atoms with Crippen LogP contribution >= 0.6 is 0 Å². The highest BCUT2D eigenvalue weighted by Crippen LogP contribution is 2.17. The monoisotopic (exact) mass is 148 g/mol. The first-order valence-electron chi connectivity index (χ1n) is 3.11. The van der Waals surface area contributed by atoms with Crippen molar-refractivity contribution in [2.24, 2.45) is 11.5 Å². The van der Waals surface area contributed by atoms with Gasteiger partial charge in [0, 0.05) is 0 Å². The fourth-order valence-corrected chi connectivity index (χ4v) is 1.11. The van der Waals surface area contributed by atoms with Crippen molar-refractivity contribution in [2.45, 2.75) is 30.4 Å². The molecule has 10 heavy (non-hydrogen) atoms. The molecule has 0 aromatic heterocycles. The molecule has 1 aliphatic carbocycles. The molecular weight excluding hydrogens is 136 g/mol. The Morgan fingerprint density at radius 2 is 1.00 bits per heavy atom. The lowest BCUT2D eigenvalue weighted by Crippen LogP contribution is -2.46. The molecule has 1 rings (SSSR count). The van der Waals surface area contributed by atoms with Gasteiger partial charge in [0.05, 0.1) is 24.3 Å². The lowest BCUT2D eigenvalue weighted by atomic mass is 10.2. The number of nitrogens with two attached hydrogens (primary N) is 2. The highest BCUT2D eigenvalue weighted by molar-refractivity contribution is 5.03. The number of aliphatic hydroxyl groups excluding tert-OH is 3. The molecule has 0 aliphatic heterocycles. The van der Waals surface area contributed by atoms with Gasteiger partial charge >= 0.3 is 0 Å². The van der Waals surface area contributed by atoms with Crippen LogP contribution in [0.4, 0.5) is 0 Å². The van der Waals surface area contributed by atoms with Crippen LogP contribution in [-0.4, -0.2) is 45.7 Å². The van der Waals surface area contributed by atoms with Gasteiger partial charge in [0.15, 0.2) is 0 Å². The van der Waals surface area contributed by atoms with E-state index in [-0.39, 0.29) is 0 Å². The van der Waals surface area contributed by atoms with Gasteiger partial charge in [0.2, 0.25) is 0 Å². The summed E-state index contributed by atoms with van der Waals surface area (Å²) in [5.74, 6) is 0. The van der Waals surface area contributed by atoms with Crippen LogP contribution in [0.2, 0.25) is 0 Å². The number of hydrogen-bond donors (Lipinski definition) is 5. The van der Waals surface area contributed by atoms with Crippen LogP contribution in [0, 0.1) is 0 Å². The van der Waals surface area contributed by atoms with Crippen molar-refractivity contribution in [1.29, 1.82) is 0 Å². The molecule has 0 aromatic carbocycles. The molecule has 60 valence electrons. The average Bonchev–Trinajstić information content (AvgIpc) is 2.07. The molecule has 0 spiro atoms. The third kappa shape index (κ3) is 0.920. The summed E-state index contributed by atoms with van der Waals surface area (Å²) in [6, 6.07) is -1.46. The van der Waals surface area contributed by atoms with Crippen molar-refractivity contribution >= 4 is 0 Å². The molecule has 0 saturated heterocycles. The highest BCUT2D eigenvalue weighted by Gasteiger charge is 2.44. The summed E-state index contributed by atoms with van der Waals surface area (Å²) < 4.78 is 0. The van der Waals surface area contributed by atoms with Crippen molar-refractivity contribution in [3.05, 3.63) is 0 Å². The molecule has 1 aliphatic rings. The Morgan fingerprint density at radius 3 is 1.10 bits per heavy atom. The van der Waals surface area contributed by atoms with Crippen LogP contribution in [0.3, 0.4) is 0 Å². The largest absolute Gasteiger partial charge is 0.389 e. The Hall–Kier alpha value is -0.200. The molecule has 5 heteroatoms. The summed E-state index contributed by atoms with van der Waals surface area (Å²) in [4.78, 5) is 0. The maximum Gasteiger partial charge on any atom is 0.109 e. The van der Waals surface area contributed by atoms with Crippen LogP contribution < -0.4 is 11.5 Å². The fourth-order valence-electron chi connectivity index (χ4n) is 1.11. The molecule has 0 heterocycles. The van der Waals surface area contributed by atoms with E-state index in [0.717, 1.165) is 0 Å². The second-order valence-corrected chi connectivity index (χ2v) is 2.63. The van der Waals surface area contributed by atoms with Crippen molar-refractivity contribution in [1.82, 2.24) is 0 Å². The fraction of sp³-hybridized carbons (Fsp3) is 1.00. The van der Waals surface area contributed by atoms with Gasteiger partial charge in [-0.05, 0) is 0 Å². The summed E-state index contributed by atoms with van der Waals surface area (Å²) in [5.41, 5.74) is 10.6. The second kappa shape index (κ2) is 2.44. The van der Waals surface area contributed by atoms with Crippen molar-refractivity contribution in [3.63, 3.8) is 0 Å². The quantitative estimate of drug-likeness (QED) is 0.247. The highest BCUT2D eigenvalue weighted by atomic mass is 16.4. The maximum atomic E-state index is 8.99. The molecule has 4 atom stereocenters. The van der Waals surface area contributed by atoms with Gasteiger partial charge in [0.25, 0.3) is 0 Å². The normalized spacial score (nSPS) is 55.5. The van der Waals surface area contributed by atoms with Crippen LogP contribution in [-0.2, 0) is 0 Å². The van der Waals surface area contributed by atoms with Crippen LogP contribution in [0.25, 0.3) is 0 Å². The van der Waals surface area contributed by atoms with Gasteiger partial charge in [-0.1, -0.05) is 0 Å². The zero-order chi connectivity index (χ0) is 7.89. The van der Waals surface area contributed by atoms with Crippen molar-refractivity contribution < 1.29 is 15.3 Å². The Balaban J connectivity index is 2.68. The van der Waals surface area contributed by atoms with Gasteiger partial charge in [-0.25, -0.2) is 0 Å². The van der Waals surface area contributed by atoms with Crippen LogP contribution in [0.5, 0.6) is 0 Å². The summed E-state index contributed by atoms with van der Waals surface area (Å²) in [5, 5.41) is 26.9. The molecule has 5 nitrogen and oxygen atoms in total. The molecule has 0 radical (unpaired) electrons. The lowest BCUT2D eigenvalue weighted by molar-refractivity contribution is -0.0223. The first-order valence-corrected chi connectivity index (χ1v) is 3.11. The molecule has 0 aromatic rings. The average molecular weight is 148 g/mol. The predicted octanol–water partition coefficient (Wildman–Crippen LogP) is -3.26. The molecule has 0 bridgehead atoms. The Morgan fingerprint density at radius 1 is 0.700 bits per heavy atom. The standard InChI is InChI=1S/C5H12N2O3/c6-1-2(7)4(9)5(10)3(1)8/h1-5,8-10H,6-7H2. The first-order chi connectivity index (χ1) is 4.55. The molecular formula is C5H12N2O3. The zero-order valence-electron chi connectivity index (χ0n) is 5.38. The smallest absolute Gasteiger partial charge is 0.109 e. The van der Waals surface area contributed by atoms with Gasteiger partial charge in [0.1, 0.15) is 6.10 Å². The lowest BCUT2D eigenvalue weighted by Gasteiger charge is -2.12. The van der Waals surface area contributed by atoms with Gasteiger partial charge in [-0.2, -0.15) is 0 Å². The Kier molecular flexibility index (Phi) is 1.93. The third-order valence-corrected chi connectivity index (χ3v) is 1.93. The SMILES string of the molecule is NC1C(N)C(O)C(O)C1O. The van der Waals surface area contributed by atoms with Gasteiger partial charge in [-0.3, -0.25) is 0 Å². The van der Waals surface area contributed by atoms with Gasteiger partial charge in [-0.15, -0.1) is 0 Å². The molecule has 4 unspecified atom stereocenters. The minimum absolute atomic E-state index is 0.731. The molecule has 0 amide bonds. The minimum atomic E-state index is -1.20. The third-order valence-electron chi connectivity index (χ3n) is 1.93. The predicted molar refractivity (Wildman–Crippen MR) is 34.0 cm³/mol. The summed E-state index contributed by atoms with van der Waals surface area (Å²) >= 11 is 0. The van der Waals surface area contributed by atoms with E-state index < -0.39 is 30.4 Å². The van der Waals surface area contributed by atoms with E-state index in [9.17, 15) is 0 Å². The topological polar surface area (TPSA) is 113 Å². The summed E-state index contributed by atoms with van der Waals surface area (Å²) in [6.07, 6.45) is -3.42. The number of aliphatic hydroxyl groups is 3. The van der Waals surface area contributed by atoms with Crippen LogP contribution in [0.1, 0.15) is 0 Å². The Bertz CT molecular complexity index is 87.2.